The van der Waals surface area contributed by atoms with Crippen LogP contribution < -0.4 is 26.4 Å². The molecule has 3 aromatic heterocycles. The number of amides is 4. The molecule has 6 heterocycles. The Kier molecular flexibility index (Phi) is 13.3. The molecule has 4 aliphatic rings. The number of piperidine rings is 1. The van der Waals surface area contributed by atoms with Gasteiger partial charge in [0.25, 0.3) is 17.4 Å². The van der Waals surface area contributed by atoms with E-state index in [9.17, 15) is 29.1 Å². The average molecular weight is 870 g/mol. The van der Waals surface area contributed by atoms with Crippen molar-refractivity contribution in [3.05, 3.63) is 106 Å². The maximum Gasteiger partial charge on any atom is 0.278 e. The summed E-state index contributed by atoms with van der Waals surface area (Å²) >= 11 is 0. The zero-order chi connectivity index (χ0) is 44.9. The maximum absolute atomic E-state index is 13.4. The molecule has 0 bridgehead atoms. The van der Waals surface area contributed by atoms with E-state index in [-0.39, 0.29) is 36.1 Å². The minimum atomic E-state index is -0.985. The van der Waals surface area contributed by atoms with E-state index in [0.29, 0.717) is 47.1 Å². The van der Waals surface area contributed by atoms with Crippen molar-refractivity contribution in [3.63, 3.8) is 0 Å². The molecule has 0 radical (unpaired) electrons. The van der Waals surface area contributed by atoms with E-state index in [1.807, 2.05) is 38.1 Å². The van der Waals surface area contributed by atoms with Crippen LogP contribution in [0.1, 0.15) is 96.9 Å². The van der Waals surface area contributed by atoms with Crippen molar-refractivity contribution in [1.29, 1.82) is 0 Å². The molecule has 0 spiro atoms. The van der Waals surface area contributed by atoms with Crippen molar-refractivity contribution in [2.24, 2.45) is 0 Å². The van der Waals surface area contributed by atoms with Gasteiger partial charge < -0.3 is 20.6 Å². The molecule has 2 atom stereocenters. The predicted octanol–water partition coefficient (Wildman–Crippen LogP) is 5.11. The highest BCUT2D eigenvalue weighted by Crippen LogP contribution is 2.33. The number of piperazine rings is 1. The smallest absolute Gasteiger partial charge is 0.278 e. The van der Waals surface area contributed by atoms with E-state index in [0.717, 1.165) is 86.7 Å². The van der Waals surface area contributed by atoms with Crippen LogP contribution in [0.4, 0.5) is 23.0 Å². The quantitative estimate of drug-likeness (QED) is 0.0616. The lowest BCUT2D eigenvalue weighted by atomic mass is 10.0. The number of unbranched alkanes of at least 4 members (excludes halogenated alkanes) is 3. The summed E-state index contributed by atoms with van der Waals surface area (Å²) < 4.78 is 3.20. The van der Waals surface area contributed by atoms with Crippen LogP contribution in [0.2, 0.25) is 0 Å². The largest absolute Gasteiger partial charge is 0.387 e. The van der Waals surface area contributed by atoms with E-state index in [4.69, 9.17) is 9.97 Å². The molecule has 2 unspecified atom stereocenters. The summed E-state index contributed by atoms with van der Waals surface area (Å²) in [5.74, 6) is -1.19. The van der Waals surface area contributed by atoms with Crippen LogP contribution in [0.25, 0.3) is 16.9 Å². The number of aliphatic hydroxyl groups is 1. The Morgan fingerprint density at radius 2 is 1.66 bits per heavy atom. The summed E-state index contributed by atoms with van der Waals surface area (Å²) in [5, 5.41) is 19.7. The third kappa shape index (κ3) is 8.77. The van der Waals surface area contributed by atoms with Gasteiger partial charge in [-0.2, -0.15) is 4.98 Å². The Labute approximate surface area is 371 Å². The van der Waals surface area contributed by atoms with Gasteiger partial charge in [0, 0.05) is 62.4 Å². The number of nitrogens with zero attached hydrogens (tertiary/aromatic N) is 8. The number of pyridine rings is 1. The lowest BCUT2D eigenvalue weighted by Gasteiger charge is -2.36. The number of fused-ring (bicyclic) bond motifs is 3. The highest BCUT2D eigenvalue weighted by Gasteiger charge is 2.45. The van der Waals surface area contributed by atoms with Crippen LogP contribution in [0, 0.1) is 0 Å². The number of benzene rings is 2. The third-order valence-corrected chi connectivity index (χ3v) is 12.2. The van der Waals surface area contributed by atoms with Crippen molar-refractivity contribution in [2.45, 2.75) is 83.9 Å². The Hall–Kier alpha value is -6.72. The highest BCUT2D eigenvalue weighted by molar-refractivity contribution is 6.25. The first-order valence-electron chi connectivity index (χ1n) is 22.4. The van der Waals surface area contributed by atoms with Gasteiger partial charge in [-0.05, 0) is 86.7 Å². The van der Waals surface area contributed by atoms with Gasteiger partial charge in [0.15, 0.2) is 11.5 Å². The molecule has 3 aliphatic heterocycles. The average Bonchev–Trinajstić information content (AvgIpc) is 3.91. The molecule has 2 aromatic carbocycles. The monoisotopic (exact) mass is 869 g/mol. The van der Waals surface area contributed by atoms with Crippen LogP contribution in [0.15, 0.2) is 78.2 Å². The highest BCUT2D eigenvalue weighted by atomic mass is 16.3. The molecule has 17 nitrogen and oxygen atoms in total. The van der Waals surface area contributed by atoms with Gasteiger partial charge in [-0.15, -0.1) is 6.58 Å². The molecule has 17 heteroatoms. The molecule has 9 rings (SSSR count). The van der Waals surface area contributed by atoms with Crippen LogP contribution in [-0.4, -0.2) is 108 Å². The molecular weight excluding hydrogens is 815 g/mol. The number of nitrogens with one attached hydrogen (secondary N) is 3. The number of hydrogen-bond donors (Lipinski definition) is 4. The zero-order valence-electron chi connectivity index (χ0n) is 36.4. The van der Waals surface area contributed by atoms with E-state index in [2.05, 4.69) is 49.4 Å². The van der Waals surface area contributed by atoms with Crippen LogP contribution in [-0.2, 0) is 22.6 Å². The molecule has 2 fully saturated rings. The Balaban J connectivity index is 0.00000276. The lowest BCUT2D eigenvalue weighted by molar-refractivity contribution is -0.136. The second-order valence-corrected chi connectivity index (χ2v) is 16.2. The summed E-state index contributed by atoms with van der Waals surface area (Å²) in [4.78, 5) is 83.8. The molecule has 5 aromatic rings. The number of allylic oxidation sites excluding steroid dienone is 1. The summed E-state index contributed by atoms with van der Waals surface area (Å²) in [5.41, 5.74) is 4.89. The number of anilines is 4. The molecule has 334 valence electrons. The number of aromatic nitrogens is 5. The minimum absolute atomic E-state index is 0.0845. The van der Waals surface area contributed by atoms with E-state index >= 15 is 0 Å². The topological polar surface area (TPSA) is 200 Å². The summed E-state index contributed by atoms with van der Waals surface area (Å²) in [6.45, 7) is 13.6. The van der Waals surface area contributed by atoms with E-state index in [1.54, 1.807) is 29.0 Å². The van der Waals surface area contributed by atoms with Gasteiger partial charge in [0.2, 0.25) is 17.8 Å². The van der Waals surface area contributed by atoms with Crippen LogP contribution >= 0.6 is 0 Å². The molecule has 4 amide bonds. The molecule has 0 saturated carbocycles. The Morgan fingerprint density at radius 1 is 0.875 bits per heavy atom. The Morgan fingerprint density at radius 3 is 2.42 bits per heavy atom. The van der Waals surface area contributed by atoms with Crippen molar-refractivity contribution >= 4 is 57.7 Å². The first-order chi connectivity index (χ1) is 31.2. The number of imide groups is 2. The number of carbonyl (C=O) groups excluding carboxylic acids is 4. The normalized spacial score (nSPS) is 18.4. The second kappa shape index (κ2) is 19.3. The van der Waals surface area contributed by atoms with Crippen molar-refractivity contribution < 1.29 is 24.3 Å². The number of rotatable bonds is 15. The van der Waals surface area contributed by atoms with Gasteiger partial charge in [-0.25, -0.2) is 19.3 Å². The fourth-order valence-corrected chi connectivity index (χ4v) is 8.96. The number of aryl methyl sites for hydroxylation is 1. The van der Waals surface area contributed by atoms with Crippen molar-refractivity contribution in [1.82, 2.24) is 39.4 Å². The van der Waals surface area contributed by atoms with Gasteiger partial charge in [-0.1, -0.05) is 44.9 Å². The third-order valence-electron chi connectivity index (χ3n) is 12.2. The number of aliphatic hydroxyl groups excluding tert-OH is 1. The number of carbonyl (C=O) groups is 4. The SMILES string of the molecule is C=CCn1c(=O)c2cnc(Nc3ccc(N4CCN(CCCCCCNc5cccc6c5C(=O)N(C5CCC(=O)NC5=O)C6=O)CC4)cc3)nc2n1-c1ccc2c(n1)C(O)CC2.CC. The van der Waals surface area contributed by atoms with Gasteiger partial charge >= 0.3 is 0 Å². The Bertz CT molecular complexity index is 2630. The molecule has 1 aliphatic carbocycles. The molecule has 4 N–H and O–H groups in total. The lowest BCUT2D eigenvalue weighted by Crippen LogP contribution is -2.54. The summed E-state index contributed by atoms with van der Waals surface area (Å²) in [6.07, 6.45) is 8.24. The summed E-state index contributed by atoms with van der Waals surface area (Å²) in [6, 6.07) is 16.1. The van der Waals surface area contributed by atoms with Crippen molar-refractivity contribution in [3.8, 4) is 5.82 Å². The molecular formula is C47H55N11O6. The van der Waals surface area contributed by atoms with Crippen LogP contribution in [0.3, 0.4) is 0 Å². The predicted molar refractivity (Wildman–Crippen MR) is 244 cm³/mol. The fraction of sp³-hybridized carbons (Fsp3) is 0.404. The first kappa shape index (κ1) is 43.9. The van der Waals surface area contributed by atoms with Gasteiger partial charge in [0.1, 0.15) is 11.4 Å². The standard InChI is InChI=1S/C45H49N11O6.C2H6/c1-2-21-54-42(60)32-27-47-45(51-40(32)56(54)36-18-11-28-10-17-35(57)39(28)49-36)48-29-12-14-30(15-13-29)53-25-23-52(24-26-53)22-6-4-3-5-20-46-33-9-7-8-31-38(33)44(62)55(43(31)61)34-16-19-37(58)50-41(34)59;1-2/h2,7-9,11-15,18,27,34-35,46,57H,1,3-6,10,16-17,19-26H2,(H,47,48,51)(H,50,58,59);1-2H3. The van der Waals surface area contributed by atoms with E-state index < -0.39 is 35.8 Å². The van der Waals surface area contributed by atoms with Crippen molar-refractivity contribution in [2.75, 3.05) is 54.8 Å². The first-order valence-corrected chi connectivity index (χ1v) is 22.4. The molecule has 64 heavy (non-hydrogen) atoms. The summed E-state index contributed by atoms with van der Waals surface area (Å²) in [7, 11) is 0. The fourth-order valence-electron chi connectivity index (χ4n) is 8.96. The molecule has 2 saturated heterocycles. The van der Waals surface area contributed by atoms with Gasteiger partial charge in [-0.3, -0.25) is 39.1 Å². The second-order valence-electron chi connectivity index (χ2n) is 16.2. The van der Waals surface area contributed by atoms with E-state index in [1.165, 1.54) is 10.9 Å². The van der Waals surface area contributed by atoms with Crippen LogP contribution in [0.5, 0.6) is 0 Å². The minimum Gasteiger partial charge on any atom is -0.387 e. The number of hydrogen-bond acceptors (Lipinski definition) is 13. The maximum atomic E-state index is 13.4. The zero-order valence-corrected chi connectivity index (χ0v) is 36.4. The van der Waals surface area contributed by atoms with Gasteiger partial charge in [0.05, 0.1) is 29.5 Å².